The second-order valence-electron chi connectivity index (χ2n) is 7.67. The highest BCUT2D eigenvalue weighted by Crippen LogP contribution is 2.19. The molecule has 2 aliphatic rings. The Morgan fingerprint density at radius 2 is 1.74 bits per heavy atom. The third-order valence-electron chi connectivity index (χ3n) is 5.63. The summed E-state index contributed by atoms with van der Waals surface area (Å²) in [5.74, 6) is -0.164. The van der Waals surface area contributed by atoms with Gasteiger partial charge in [-0.2, -0.15) is 4.31 Å². The number of benzene rings is 1. The Hall–Kier alpha value is -2.46. The molecule has 0 spiro atoms. The first-order valence-electron chi connectivity index (χ1n) is 10.5. The number of nitrogens with zero attached hydrogens (tertiary/aromatic N) is 3. The Morgan fingerprint density at radius 1 is 1.03 bits per heavy atom. The zero-order valence-corrected chi connectivity index (χ0v) is 18.3. The van der Waals surface area contributed by atoms with Gasteiger partial charge in [0, 0.05) is 52.0 Å². The molecule has 1 N–H and O–H groups in total. The molecule has 2 saturated heterocycles. The SMILES string of the molecule is O=C(c1cc(S(=O)(=O)N2CCOCC2)c[nH]1)N1CCN(C/C=C\c2ccccc2)CC1. The molecule has 0 unspecified atom stereocenters. The Morgan fingerprint density at radius 3 is 2.45 bits per heavy atom. The first-order chi connectivity index (χ1) is 15.0. The van der Waals surface area contributed by atoms with Crippen molar-refractivity contribution in [1.82, 2.24) is 19.1 Å². The molecule has 4 rings (SSSR count). The largest absolute Gasteiger partial charge is 0.379 e. The predicted molar refractivity (Wildman–Crippen MR) is 118 cm³/mol. The number of hydrogen-bond donors (Lipinski definition) is 1. The minimum atomic E-state index is -3.61. The highest BCUT2D eigenvalue weighted by molar-refractivity contribution is 7.89. The number of H-pyrrole nitrogens is 1. The summed E-state index contributed by atoms with van der Waals surface area (Å²) < 4.78 is 32.1. The van der Waals surface area contributed by atoms with E-state index in [1.807, 2.05) is 18.2 Å². The van der Waals surface area contributed by atoms with Gasteiger partial charge in [0.05, 0.1) is 13.2 Å². The van der Waals surface area contributed by atoms with E-state index in [2.05, 4.69) is 34.2 Å². The van der Waals surface area contributed by atoms with Crippen molar-refractivity contribution < 1.29 is 17.9 Å². The Labute approximate surface area is 183 Å². The van der Waals surface area contributed by atoms with E-state index in [0.29, 0.717) is 45.1 Å². The van der Waals surface area contributed by atoms with Crippen LogP contribution in [-0.2, 0) is 14.8 Å². The molecule has 166 valence electrons. The van der Waals surface area contributed by atoms with E-state index in [0.717, 1.165) is 19.6 Å². The van der Waals surface area contributed by atoms with E-state index in [4.69, 9.17) is 4.74 Å². The molecule has 1 amide bonds. The number of nitrogens with one attached hydrogen (secondary N) is 1. The van der Waals surface area contributed by atoms with Crippen LogP contribution in [0.1, 0.15) is 16.1 Å². The molecular formula is C22H28N4O4S. The number of rotatable bonds is 6. The molecule has 0 aliphatic carbocycles. The quantitative estimate of drug-likeness (QED) is 0.730. The molecule has 2 aromatic rings. The summed E-state index contributed by atoms with van der Waals surface area (Å²) in [5.41, 5.74) is 1.48. The van der Waals surface area contributed by atoms with E-state index in [1.54, 1.807) is 4.90 Å². The van der Waals surface area contributed by atoms with Crippen molar-refractivity contribution >= 4 is 22.0 Å². The van der Waals surface area contributed by atoms with Crippen molar-refractivity contribution in [2.24, 2.45) is 0 Å². The smallest absolute Gasteiger partial charge is 0.270 e. The van der Waals surface area contributed by atoms with Gasteiger partial charge in [0.1, 0.15) is 10.6 Å². The molecule has 0 bridgehead atoms. The number of hydrogen-bond acceptors (Lipinski definition) is 5. The lowest BCUT2D eigenvalue weighted by Gasteiger charge is -2.33. The zero-order chi connectivity index (χ0) is 21.7. The zero-order valence-electron chi connectivity index (χ0n) is 17.4. The number of ether oxygens (including phenoxy) is 1. The fraction of sp³-hybridized carbons (Fsp3) is 0.409. The lowest BCUT2D eigenvalue weighted by atomic mass is 10.2. The molecule has 2 aliphatic heterocycles. The standard InChI is InChI=1S/C22H28N4O4S/c27-22(21-17-20(18-23-21)31(28,29)26-13-15-30-16-14-26)25-11-9-24(10-12-25)8-4-7-19-5-2-1-3-6-19/h1-7,17-18,23H,8-16H2/b7-4-. The summed E-state index contributed by atoms with van der Waals surface area (Å²) in [6, 6.07) is 11.6. The number of amides is 1. The molecule has 0 radical (unpaired) electrons. The van der Waals surface area contributed by atoms with E-state index in [1.165, 1.54) is 22.1 Å². The van der Waals surface area contributed by atoms with Crippen LogP contribution in [-0.4, -0.2) is 92.4 Å². The Balaban J connectivity index is 1.30. The van der Waals surface area contributed by atoms with Crippen LogP contribution in [0.4, 0.5) is 0 Å². The van der Waals surface area contributed by atoms with Gasteiger partial charge in [0.15, 0.2) is 0 Å². The Kier molecular flexibility index (Phi) is 6.86. The van der Waals surface area contributed by atoms with Crippen molar-refractivity contribution in [1.29, 1.82) is 0 Å². The van der Waals surface area contributed by atoms with Gasteiger partial charge < -0.3 is 14.6 Å². The first-order valence-corrected chi connectivity index (χ1v) is 12.0. The van der Waals surface area contributed by atoms with Crippen molar-refractivity contribution in [2.45, 2.75) is 4.90 Å². The number of carbonyl (C=O) groups is 1. The van der Waals surface area contributed by atoms with E-state index in [-0.39, 0.29) is 10.8 Å². The molecular weight excluding hydrogens is 416 g/mol. The van der Waals surface area contributed by atoms with Gasteiger partial charge in [-0.05, 0) is 11.6 Å². The lowest BCUT2D eigenvalue weighted by Crippen LogP contribution is -2.48. The molecule has 0 atom stereocenters. The van der Waals surface area contributed by atoms with Crippen molar-refractivity contribution in [3.05, 3.63) is 59.9 Å². The average Bonchev–Trinajstić information content (AvgIpc) is 3.32. The second kappa shape index (κ2) is 9.78. The van der Waals surface area contributed by atoms with Gasteiger partial charge in [-0.25, -0.2) is 8.42 Å². The lowest BCUT2D eigenvalue weighted by molar-refractivity contribution is 0.0645. The van der Waals surface area contributed by atoms with Crippen molar-refractivity contribution in [2.75, 3.05) is 59.0 Å². The van der Waals surface area contributed by atoms with Gasteiger partial charge in [0.2, 0.25) is 10.0 Å². The van der Waals surface area contributed by atoms with Crippen molar-refractivity contribution in [3.63, 3.8) is 0 Å². The van der Waals surface area contributed by atoms with Crippen LogP contribution in [0.3, 0.4) is 0 Å². The van der Waals surface area contributed by atoms with Crippen LogP contribution in [0.15, 0.2) is 53.6 Å². The fourth-order valence-electron chi connectivity index (χ4n) is 3.79. The molecule has 8 nitrogen and oxygen atoms in total. The van der Waals surface area contributed by atoms with Crippen LogP contribution in [0.2, 0.25) is 0 Å². The highest BCUT2D eigenvalue weighted by atomic mass is 32.2. The molecule has 31 heavy (non-hydrogen) atoms. The monoisotopic (exact) mass is 444 g/mol. The number of carbonyl (C=O) groups excluding carboxylic acids is 1. The van der Waals surface area contributed by atoms with Gasteiger partial charge in [-0.1, -0.05) is 42.5 Å². The normalized spacial score (nSPS) is 19.2. The summed E-state index contributed by atoms with van der Waals surface area (Å²) in [5, 5.41) is 0. The summed E-state index contributed by atoms with van der Waals surface area (Å²) in [6.07, 6.45) is 5.65. The summed E-state index contributed by atoms with van der Waals surface area (Å²) in [4.78, 5) is 19.9. The summed E-state index contributed by atoms with van der Waals surface area (Å²) in [7, 11) is -3.61. The van der Waals surface area contributed by atoms with E-state index < -0.39 is 10.0 Å². The molecule has 0 saturated carbocycles. The number of aromatic amines is 1. The second-order valence-corrected chi connectivity index (χ2v) is 9.61. The maximum Gasteiger partial charge on any atom is 0.270 e. The van der Waals surface area contributed by atoms with Gasteiger partial charge in [-0.15, -0.1) is 0 Å². The maximum absolute atomic E-state index is 12.9. The average molecular weight is 445 g/mol. The highest BCUT2D eigenvalue weighted by Gasteiger charge is 2.29. The van der Waals surface area contributed by atoms with Gasteiger partial charge >= 0.3 is 0 Å². The maximum atomic E-state index is 12.9. The first kappa shape index (κ1) is 21.8. The molecule has 1 aromatic carbocycles. The predicted octanol–water partition coefficient (Wildman–Crippen LogP) is 1.51. The third-order valence-corrected chi connectivity index (χ3v) is 7.50. The summed E-state index contributed by atoms with van der Waals surface area (Å²) in [6.45, 7) is 5.07. The van der Waals surface area contributed by atoms with Crippen molar-refractivity contribution in [3.8, 4) is 0 Å². The van der Waals surface area contributed by atoms with E-state index >= 15 is 0 Å². The fourth-order valence-corrected chi connectivity index (χ4v) is 5.19. The Bertz CT molecular complexity index is 1010. The van der Waals surface area contributed by atoms with Gasteiger partial charge in [-0.3, -0.25) is 9.69 Å². The third kappa shape index (κ3) is 5.24. The number of piperazine rings is 1. The molecule has 3 heterocycles. The van der Waals surface area contributed by atoms with E-state index in [9.17, 15) is 13.2 Å². The number of sulfonamides is 1. The number of aromatic nitrogens is 1. The molecule has 1 aromatic heterocycles. The van der Waals surface area contributed by atoms with Crippen LogP contribution >= 0.6 is 0 Å². The van der Waals surface area contributed by atoms with Gasteiger partial charge in [0.25, 0.3) is 5.91 Å². The minimum Gasteiger partial charge on any atom is -0.379 e. The van der Waals surface area contributed by atoms with Crippen LogP contribution in [0.5, 0.6) is 0 Å². The molecule has 2 fully saturated rings. The van der Waals surface area contributed by atoms with Crippen LogP contribution in [0.25, 0.3) is 6.08 Å². The minimum absolute atomic E-state index is 0.127. The molecule has 9 heteroatoms. The van der Waals surface area contributed by atoms with Crippen LogP contribution < -0.4 is 0 Å². The van der Waals surface area contributed by atoms with Crippen LogP contribution in [0, 0.1) is 0 Å². The topological polar surface area (TPSA) is 85.9 Å². The summed E-state index contributed by atoms with van der Waals surface area (Å²) >= 11 is 0. The number of morpholine rings is 1.